The van der Waals surface area contributed by atoms with Crippen molar-refractivity contribution < 1.29 is 34.5 Å². The van der Waals surface area contributed by atoms with Crippen LogP contribution in [0.1, 0.15) is 28.8 Å². The number of amides is 1. The van der Waals surface area contributed by atoms with Crippen LogP contribution in [0.15, 0.2) is 48.5 Å². The maximum Gasteiger partial charge on any atom is 0.335 e. The van der Waals surface area contributed by atoms with Crippen LogP contribution in [0.25, 0.3) is 0 Å². The van der Waals surface area contributed by atoms with E-state index in [1.54, 1.807) is 30.3 Å². The highest BCUT2D eigenvalue weighted by molar-refractivity contribution is 7.99. The second kappa shape index (κ2) is 11.8. The number of hydroxylamine groups is 1. The van der Waals surface area contributed by atoms with Gasteiger partial charge in [-0.2, -0.15) is 11.8 Å². The molecule has 8 nitrogen and oxygen atoms in total. The average Bonchev–Trinajstić information content (AvgIpc) is 2.72. The lowest BCUT2D eigenvalue weighted by Gasteiger charge is -2.14. The van der Waals surface area contributed by atoms with Crippen molar-refractivity contribution in [2.24, 2.45) is 5.92 Å². The van der Waals surface area contributed by atoms with Crippen LogP contribution in [0.2, 0.25) is 0 Å². The third-order valence-corrected chi connectivity index (χ3v) is 5.27. The van der Waals surface area contributed by atoms with E-state index in [9.17, 15) is 24.6 Å². The summed E-state index contributed by atoms with van der Waals surface area (Å²) < 4.78 is 5.73. The van der Waals surface area contributed by atoms with Gasteiger partial charge in [-0.25, -0.2) is 10.3 Å². The SMILES string of the molecule is O=C(CSCCCC(Cc1cc(Oc2ccccc2)cc(C(=O)O)c1)C(=O)O)NO. The number of benzene rings is 2. The Bertz CT molecular complexity index is 873. The summed E-state index contributed by atoms with van der Waals surface area (Å²) in [5.74, 6) is -1.78. The molecule has 4 N–H and O–H groups in total. The van der Waals surface area contributed by atoms with Crippen molar-refractivity contribution in [1.82, 2.24) is 5.48 Å². The Morgan fingerprint density at radius 3 is 2.40 bits per heavy atom. The summed E-state index contributed by atoms with van der Waals surface area (Å²) in [6.07, 6.45) is 1.09. The highest BCUT2D eigenvalue weighted by atomic mass is 32.2. The van der Waals surface area contributed by atoms with E-state index in [4.69, 9.17) is 9.94 Å². The maximum absolute atomic E-state index is 11.7. The minimum atomic E-state index is -1.12. The van der Waals surface area contributed by atoms with Gasteiger partial charge in [0.2, 0.25) is 0 Å². The number of nitrogens with one attached hydrogen (secondary N) is 1. The van der Waals surface area contributed by atoms with Crippen LogP contribution < -0.4 is 10.2 Å². The number of para-hydroxylation sites is 1. The molecular formula is C21H23NO7S. The third-order valence-electron chi connectivity index (χ3n) is 4.22. The Labute approximate surface area is 177 Å². The molecule has 0 saturated heterocycles. The number of rotatable bonds is 12. The van der Waals surface area contributed by atoms with E-state index in [1.165, 1.54) is 29.4 Å². The number of carbonyl (C=O) groups excluding carboxylic acids is 1. The molecule has 0 aliphatic carbocycles. The lowest BCUT2D eigenvalue weighted by atomic mass is 9.94. The largest absolute Gasteiger partial charge is 0.481 e. The second-order valence-corrected chi connectivity index (χ2v) is 7.66. The number of thioether (sulfide) groups is 1. The van der Waals surface area contributed by atoms with Crippen molar-refractivity contribution in [3.05, 3.63) is 59.7 Å². The van der Waals surface area contributed by atoms with Gasteiger partial charge in [-0.3, -0.25) is 14.8 Å². The van der Waals surface area contributed by atoms with E-state index in [2.05, 4.69) is 0 Å². The Balaban J connectivity index is 2.06. The first kappa shape index (κ1) is 23.2. The predicted molar refractivity (Wildman–Crippen MR) is 111 cm³/mol. The monoisotopic (exact) mass is 433 g/mol. The highest BCUT2D eigenvalue weighted by Gasteiger charge is 2.19. The first-order valence-corrected chi connectivity index (χ1v) is 10.4. The molecule has 0 aromatic heterocycles. The van der Waals surface area contributed by atoms with Crippen LogP contribution in [0, 0.1) is 5.92 Å². The smallest absolute Gasteiger partial charge is 0.335 e. The molecule has 1 atom stereocenters. The Morgan fingerprint density at radius 1 is 1.03 bits per heavy atom. The summed E-state index contributed by atoms with van der Waals surface area (Å²) in [5.41, 5.74) is 2.12. The van der Waals surface area contributed by atoms with Crippen LogP contribution in [-0.4, -0.2) is 44.8 Å². The molecule has 2 aromatic carbocycles. The first-order chi connectivity index (χ1) is 14.4. The molecule has 2 rings (SSSR count). The summed E-state index contributed by atoms with van der Waals surface area (Å²) in [5, 5.41) is 27.4. The zero-order valence-corrected chi connectivity index (χ0v) is 16.9. The minimum Gasteiger partial charge on any atom is -0.481 e. The van der Waals surface area contributed by atoms with Gasteiger partial charge in [0.15, 0.2) is 0 Å². The van der Waals surface area contributed by atoms with Crippen LogP contribution in [0.3, 0.4) is 0 Å². The zero-order chi connectivity index (χ0) is 21.9. The fourth-order valence-electron chi connectivity index (χ4n) is 2.81. The summed E-state index contributed by atoms with van der Waals surface area (Å²) in [7, 11) is 0. The fraction of sp³-hybridized carbons (Fsp3) is 0.286. The molecule has 1 unspecified atom stereocenters. The van der Waals surface area contributed by atoms with Crippen LogP contribution in [0.4, 0.5) is 0 Å². The van der Waals surface area contributed by atoms with Crippen molar-refractivity contribution in [3.8, 4) is 11.5 Å². The summed E-state index contributed by atoms with van der Waals surface area (Å²) in [6.45, 7) is 0. The van der Waals surface area contributed by atoms with Crippen LogP contribution in [0.5, 0.6) is 11.5 Å². The quantitative estimate of drug-likeness (QED) is 0.227. The van der Waals surface area contributed by atoms with Gasteiger partial charge in [0.25, 0.3) is 5.91 Å². The lowest BCUT2D eigenvalue weighted by molar-refractivity contribution is -0.142. The molecule has 160 valence electrons. The molecule has 0 aliphatic heterocycles. The maximum atomic E-state index is 11.7. The lowest BCUT2D eigenvalue weighted by Crippen LogP contribution is -2.21. The average molecular weight is 433 g/mol. The van der Waals surface area contributed by atoms with Gasteiger partial charge in [0, 0.05) is 0 Å². The molecule has 2 aromatic rings. The minimum absolute atomic E-state index is 0.0214. The molecule has 0 aliphatic rings. The molecular weight excluding hydrogens is 410 g/mol. The highest BCUT2D eigenvalue weighted by Crippen LogP contribution is 2.26. The van der Waals surface area contributed by atoms with Gasteiger partial charge in [-0.15, -0.1) is 0 Å². The molecule has 0 saturated carbocycles. The van der Waals surface area contributed by atoms with Gasteiger partial charge in [-0.1, -0.05) is 18.2 Å². The van der Waals surface area contributed by atoms with Crippen molar-refractivity contribution >= 4 is 29.6 Å². The van der Waals surface area contributed by atoms with Crippen molar-refractivity contribution in [2.75, 3.05) is 11.5 Å². The number of hydrogen-bond donors (Lipinski definition) is 4. The van der Waals surface area contributed by atoms with Gasteiger partial charge >= 0.3 is 11.9 Å². The third kappa shape index (κ3) is 7.76. The van der Waals surface area contributed by atoms with Crippen molar-refractivity contribution in [3.63, 3.8) is 0 Å². The standard InChI is InChI=1S/C21H23NO7S/c23-19(22-28)13-30-8-4-5-15(20(24)25)9-14-10-16(21(26)27)12-18(11-14)29-17-6-2-1-3-7-17/h1-3,6-7,10-12,15,28H,4-5,8-9,13H2,(H,22,23)(H,24,25)(H,26,27). The summed E-state index contributed by atoms with van der Waals surface area (Å²) in [4.78, 5) is 34.1. The van der Waals surface area contributed by atoms with E-state index in [0.29, 0.717) is 35.7 Å². The topological polar surface area (TPSA) is 133 Å². The fourth-order valence-corrected chi connectivity index (χ4v) is 3.58. The Kier molecular flexibility index (Phi) is 9.17. The normalized spacial score (nSPS) is 11.5. The molecule has 0 spiro atoms. The van der Waals surface area contributed by atoms with Gasteiger partial charge in [0.1, 0.15) is 11.5 Å². The van der Waals surface area contributed by atoms with Crippen molar-refractivity contribution in [2.45, 2.75) is 19.3 Å². The first-order valence-electron chi connectivity index (χ1n) is 9.22. The number of carboxylic acids is 2. The van der Waals surface area contributed by atoms with E-state index >= 15 is 0 Å². The van der Waals surface area contributed by atoms with E-state index < -0.39 is 23.8 Å². The van der Waals surface area contributed by atoms with Crippen molar-refractivity contribution in [1.29, 1.82) is 0 Å². The number of aromatic carboxylic acids is 1. The molecule has 0 radical (unpaired) electrons. The van der Waals surface area contributed by atoms with Crippen LogP contribution >= 0.6 is 11.8 Å². The van der Waals surface area contributed by atoms with Gasteiger partial charge < -0.3 is 14.9 Å². The van der Waals surface area contributed by atoms with E-state index in [-0.39, 0.29) is 17.7 Å². The molecule has 9 heteroatoms. The molecule has 30 heavy (non-hydrogen) atoms. The molecule has 0 heterocycles. The van der Waals surface area contributed by atoms with Gasteiger partial charge in [-0.05, 0) is 60.9 Å². The Morgan fingerprint density at radius 2 is 1.77 bits per heavy atom. The predicted octanol–water partition coefficient (Wildman–Crippen LogP) is 3.44. The van der Waals surface area contributed by atoms with E-state index in [0.717, 1.165) is 0 Å². The summed E-state index contributed by atoms with van der Waals surface area (Å²) in [6, 6.07) is 13.4. The van der Waals surface area contributed by atoms with Crippen LogP contribution in [-0.2, 0) is 16.0 Å². The second-order valence-electron chi connectivity index (χ2n) is 6.55. The summed E-state index contributed by atoms with van der Waals surface area (Å²) >= 11 is 1.29. The Hall–Kier alpha value is -3.04. The number of ether oxygens (including phenoxy) is 1. The van der Waals surface area contributed by atoms with E-state index in [1.807, 2.05) is 6.07 Å². The molecule has 0 bridgehead atoms. The molecule has 1 amide bonds. The zero-order valence-electron chi connectivity index (χ0n) is 16.1. The number of carbonyl (C=O) groups is 3. The number of aliphatic carboxylic acids is 1. The molecule has 0 fully saturated rings. The number of carboxylic acid groups (broad SMARTS) is 2. The number of hydrogen-bond acceptors (Lipinski definition) is 6. The van der Waals surface area contributed by atoms with Gasteiger partial charge in [0.05, 0.1) is 17.2 Å².